The minimum Gasteiger partial charge on any atom is -0.464 e. The van der Waals surface area contributed by atoms with Crippen LogP contribution in [0.3, 0.4) is 0 Å². The first-order chi connectivity index (χ1) is 16.2. The van der Waals surface area contributed by atoms with Crippen molar-refractivity contribution in [3.05, 3.63) is 65.7 Å². The van der Waals surface area contributed by atoms with Gasteiger partial charge in [-0.05, 0) is 62.4 Å². The normalized spacial score (nSPS) is 20.8. The van der Waals surface area contributed by atoms with Gasteiger partial charge in [0.25, 0.3) is 5.91 Å². The molecule has 2 unspecified atom stereocenters. The summed E-state index contributed by atoms with van der Waals surface area (Å²) in [5.74, 6) is 1.95. The molecule has 2 saturated heterocycles. The lowest BCUT2D eigenvalue weighted by molar-refractivity contribution is 0.0705. The average molecular weight is 464 g/mol. The van der Waals surface area contributed by atoms with Crippen molar-refractivity contribution in [3.63, 3.8) is 0 Å². The van der Waals surface area contributed by atoms with Crippen LogP contribution in [0.15, 0.2) is 58.4 Å². The number of hydrogen-bond donors (Lipinski definition) is 0. The van der Waals surface area contributed by atoms with E-state index in [-0.39, 0.29) is 11.8 Å². The Labute approximate surface area is 198 Å². The van der Waals surface area contributed by atoms with Gasteiger partial charge >= 0.3 is 0 Å². The highest BCUT2D eigenvalue weighted by atomic mass is 32.2. The third-order valence-corrected chi connectivity index (χ3v) is 7.41. The van der Waals surface area contributed by atoms with Crippen molar-refractivity contribution in [2.75, 3.05) is 25.4 Å². The van der Waals surface area contributed by atoms with Gasteiger partial charge in [0.05, 0.1) is 18.1 Å². The summed E-state index contributed by atoms with van der Waals surface area (Å²) in [4.78, 5) is 24.8. The van der Waals surface area contributed by atoms with Gasteiger partial charge in [0.1, 0.15) is 5.76 Å². The molecule has 7 heteroatoms. The molecule has 2 atom stereocenters. The number of carbonyl (C=O) groups is 1. The van der Waals surface area contributed by atoms with Gasteiger partial charge in [-0.25, -0.2) is 9.97 Å². The fraction of sp³-hybridized carbons (Fsp3) is 0.423. The minimum atomic E-state index is 0.0628. The van der Waals surface area contributed by atoms with Crippen LogP contribution in [0, 0.1) is 6.92 Å². The van der Waals surface area contributed by atoms with Crippen molar-refractivity contribution in [1.29, 1.82) is 0 Å². The molecule has 0 spiro atoms. The Balaban J connectivity index is 1.29. The van der Waals surface area contributed by atoms with Crippen LogP contribution in [0.1, 0.15) is 53.2 Å². The number of thioether (sulfide) groups is 1. The predicted octanol–water partition coefficient (Wildman–Crippen LogP) is 5.34. The lowest BCUT2D eigenvalue weighted by Gasteiger charge is -2.33. The Bertz CT molecular complexity index is 1100. The van der Waals surface area contributed by atoms with Crippen molar-refractivity contribution in [2.45, 2.75) is 49.8 Å². The molecule has 0 saturated carbocycles. The van der Waals surface area contributed by atoms with Crippen LogP contribution in [-0.2, 0) is 4.74 Å². The number of amides is 1. The quantitative estimate of drug-likeness (QED) is 0.363. The molecule has 4 heterocycles. The van der Waals surface area contributed by atoms with E-state index in [2.05, 4.69) is 11.9 Å². The molecule has 3 aromatic rings. The van der Waals surface area contributed by atoms with Crippen LogP contribution in [0.2, 0.25) is 0 Å². The number of hydrogen-bond acceptors (Lipinski definition) is 6. The Morgan fingerprint density at radius 3 is 2.97 bits per heavy atom. The number of carbonyl (C=O) groups excluding carboxylic acids is 1. The van der Waals surface area contributed by atoms with E-state index >= 15 is 0 Å². The number of benzene rings is 1. The highest BCUT2D eigenvalue weighted by Crippen LogP contribution is 2.31. The molecule has 2 aliphatic rings. The lowest BCUT2D eigenvalue weighted by atomic mass is 9.92. The van der Waals surface area contributed by atoms with Crippen molar-refractivity contribution < 1.29 is 13.9 Å². The largest absolute Gasteiger partial charge is 0.464 e. The van der Waals surface area contributed by atoms with Gasteiger partial charge in [-0.15, -0.1) is 0 Å². The third kappa shape index (κ3) is 5.14. The van der Waals surface area contributed by atoms with E-state index in [0.29, 0.717) is 18.2 Å². The van der Waals surface area contributed by atoms with Crippen LogP contribution < -0.4 is 0 Å². The molecular weight excluding hydrogens is 434 g/mol. The van der Waals surface area contributed by atoms with Crippen LogP contribution in [0.4, 0.5) is 0 Å². The maximum Gasteiger partial charge on any atom is 0.253 e. The van der Waals surface area contributed by atoms with Gasteiger partial charge in [0.2, 0.25) is 0 Å². The summed E-state index contributed by atoms with van der Waals surface area (Å²) >= 11 is 1.67. The summed E-state index contributed by atoms with van der Waals surface area (Å²) in [6.07, 6.45) is 8.14. The van der Waals surface area contributed by atoms with Gasteiger partial charge < -0.3 is 14.1 Å². The number of piperidine rings is 1. The Morgan fingerprint density at radius 1 is 1.21 bits per heavy atom. The summed E-state index contributed by atoms with van der Waals surface area (Å²) in [6.45, 7) is 4.38. The molecule has 0 radical (unpaired) electrons. The maximum atomic E-state index is 13.3. The van der Waals surface area contributed by atoms with Crippen LogP contribution in [-0.4, -0.2) is 52.3 Å². The molecule has 172 valence electrons. The Morgan fingerprint density at radius 2 is 2.15 bits per heavy atom. The molecule has 5 rings (SSSR count). The topological polar surface area (TPSA) is 68.5 Å². The first kappa shape index (κ1) is 22.2. The molecule has 2 aliphatic heterocycles. The molecule has 1 amide bonds. The van der Waals surface area contributed by atoms with E-state index < -0.39 is 0 Å². The van der Waals surface area contributed by atoms with Gasteiger partial charge in [0, 0.05) is 48.7 Å². The summed E-state index contributed by atoms with van der Waals surface area (Å²) < 4.78 is 11.2. The molecule has 2 aromatic heterocycles. The maximum absolute atomic E-state index is 13.3. The number of likely N-dealkylation sites (tertiary alicyclic amines) is 1. The van der Waals surface area contributed by atoms with Crippen molar-refractivity contribution in [1.82, 2.24) is 14.9 Å². The molecular formula is C26H29N3O3S. The fourth-order valence-electron chi connectivity index (χ4n) is 4.68. The summed E-state index contributed by atoms with van der Waals surface area (Å²) in [5, 5.41) is 0.806. The van der Waals surface area contributed by atoms with Crippen LogP contribution >= 0.6 is 11.8 Å². The van der Waals surface area contributed by atoms with Crippen LogP contribution in [0.5, 0.6) is 0 Å². The first-order valence-electron chi connectivity index (χ1n) is 11.7. The third-order valence-electron chi connectivity index (χ3n) is 6.42. The molecule has 6 nitrogen and oxygen atoms in total. The van der Waals surface area contributed by atoms with Gasteiger partial charge in [-0.3, -0.25) is 4.79 Å². The molecule has 0 bridgehead atoms. The Kier molecular flexibility index (Phi) is 6.78. The van der Waals surface area contributed by atoms with E-state index in [1.54, 1.807) is 18.0 Å². The highest BCUT2D eigenvalue weighted by Gasteiger charge is 2.28. The van der Waals surface area contributed by atoms with Crippen molar-refractivity contribution in [2.24, 2.45) is 0 Å². The van der Waals surface area contributed by atoms with E-state index in [4.69, 9.17) is 14.1 Å². The van der Waals surface area contributed by atoms with E-state index in [1.165, 1.54) is 0 Å². The second kappa shape index (κ2) is 10.1. The molecule has 2 fully saturated rings. The molecule has 1 aromatic carbocycles. The van der Waals surface area contributed by atoms with Gasteiger partial charge in [0.15, 0.2) is 5.16 Å². The summed E-state index contributed by atoms with van der Waals surface area (Å²) in [5.41, 5.74) is 3.77. The van der Waals surface area contributed by atoms with Gasteiger partial charge in [-0.1, -0.05) is 23.9 Å². The SMILES string of the molecule is Cc1cnc(SCC2CCCO2)nc1C1CCCN(C(=O)c2cccc(-c3ccco3)c2)C1. The van der Waals surface area contributed by atoms with Gasteiger partial charge in [-0.2, -0.15) is 0 Å². The van der Waals surface area contributed by atoms with Crippen molar-refractivity contribution in [3.8, 4) is 11.3 Å². The van der Waals surface area contributed by atoms with E-state index in [9.17, 15) is 4.79 Å². The monoisotopic (exact) mass is 463 g/mol. The second-order valence-electron chi connectivity index (χ2n) is 8.82. The molecule has 33 heavy (non-hydrogen) atoms. The number of furan rings is 1. The van der Waals surface area contributed by atoms with E-state index in [0.717, 1.165) is 72.3 Å². The number of aryl methyl sites for hydroxylation is 1. The zero-order chi connectivity index (χ0) is 22.6. The second-order valence-corrected chi connectivity index (χ2v) is 9.80. The van der Waals surface area contributed by atoms with E-state index in [1.807, 2.05) is 47.5 Å². The van der Waals surface area contributed by atoms with Crippen LogP contribution in [0.25, 0.3) is 11.3 Å². The van der Waals surface area contributed by atoms with Crippen molar-refractivity contribution >= 4 is 17.7 Å². The summed E-state index contributed by atoms with van der Waals surface area (Å²) in [7, 11) is 0. The minimum absolute atomic E-state index is 0.0628. The zero-order valence-electron chi connectivity index (χ0n) is 18.9. The predicted molar refractivity (Wildman–Crippen MR) is 128 cm³/mol. The smallest absolute Gasteiger partial charge is 0.253 e. The highest BCUT2D eigenvalue weighted by molar-refractivity contribution is 7.99. The Hall–Kier alpha value is -2.64. The molecule has 0 N–H and O–H groups in total. The number of ether oxygens (including phenoxy) is 1. The number of rotatable bonds is 6. The number of nitrogens with zero attached hydrogens (tertiary/aromatic N) is 3. The fourth-order valence-corrected chi connectivity index (χ4v) is 5.57. The zero-order valence-corrected chi connectivity index (χ0v) is 19.7. The standard InChI is InChI=1S/C26H29N3O3S/c1-18-15-27-26(33-17-22-9-4-12-31-22)28-24(18)21-8-3-11-29(16-21)25(30)20-7-2-6-19(14-20)23-10-5-13-32-23/h2,5-7,10,13-15,21-22H,3-4,8-9,11-12,16-17H2,1H3. The number of aromatic nitrogens is 2. The first-order valence-corrected chi connectivity index (χ1v) is 12.7. The summed E-state index contributed by atoms with van der Waals surface area (Å²) in [6, 6.07) is 11.4. The lowest BCUT2D eigenvalue weighted by Crippen LogP contribution is -2.39. The molecule has 0 aliphatic carbocycles. The average Bonchev–Trinajstić information content (AvgIpc) is 3.58.